The lowest BCUT2D eigenvalue weighted by Crippen LogP contribution is -2.23. The van der Waals surface area contributed by atoms with E-state index in [9.17, 15) is 27.2 Å². The third-order valence-electron chi connectivity index (χ3n) is 4.93. The first-order valence-corrected chi connectivity index (χ1v) is 10.7. The van der Waals surface area contributed by atoms with Crippen LogP contribution in [0.4, 0.5) is 28.4 Å². The second-order valence-electron chi connectivity index (χ2n) is 7.27. The Balaban J connectivity index is 1.53. The molecular weight excluding hydrogens is 476 g/mol. The number of halogens is 4. The van der Waals surface area contributed by atoms with Gasteiger partial charge in [-0.3, -0.25) is 9.69 Å². The van der Waals surface area contributed by atoms with Crippen LogP contribution in [0.2, 0.25) is 0 Å². The molecule has 0 saturated heterocycles. The summed E-state index contributed by atoms with van der Waals surface area (Å²) < 4.78 is 63.7. The molecule has 0 unspecified atom stereocenters. The van der Waals surface area contributed by atoms with Crippen molar-refractivity contribution in [1.82, 2.24) is 4.98 Å². The minimum Gasteiger partial charge on any atom is -0.453 e. The van der Waals surface area contributed by atoms with E-state index in [2.05, 4.69) is 4.98 Å². The fourth-order valence-electron chi connectivity index (χ4n) is 3.32. The molecule has 34 heavy (non-hydrogen) atoms. The number of thiazole rings is 1. The van der Waals surface area contributed by atoms with Gasteiger partial charge >= 0.3 is 12.1 Å². The average Bonchev–Trinajstić information content (AvgIpc) is 3.37. The standard InChI is InChI=1S/C23H16F4N2O4S/c1-12-17-7-4-8-18(24)20(17)33-19(12)21(31)32-10-15-11-34-22(28-15)29(13(2)30)16-6-3-5-14(9-16)23(25,26)27/h3-9,11H,10H2,1-2H3. The molecule has 6 nitrogen and oxygen atoms in total. The molecule has 0 aliphatic rings. The van der Waals surface area contributed by atoms with Crippen LogP contribution in [0.1, 0.15) is 34.3 Å². The molecule has 0 bridgehead atoms. The first-order valence-electron chi connectivity index (χ1n) is 9.83. The molecule has 1 amide bonds. The molecule has 0 N–H and O–H groups in total. The van der Waals surface area contributed by atoms with E-state index in [1.807, 2.05) is 0 Å². The summed E-state index contributed by atoms with van der Waals surface area (Å²) in [7, 11) is 0. The van der Waals surface area contributed by atoms with Crippen molar-refractivity contribution in [3.63, 3.8) is 0 Å². The molecule has 176 valence electrons. The van der Waals surface area contributed by atoms with Crippen molar-refractivity contribution in [3.05, 3.63) is 76.2 Å². The molecule has 4 aromatic rings. The van der Waals surface area contributed by atoms with Crippen LogP contribution in [0.3, 0.4) is 0 Å². The van der Waals surface area contributed by atoms with Gasteiger partial charge in [-0.15, -0.1) is 11.3 Å². The lowest BCUT2D eigenvalue weighted by Gasteiger charge is -2.19. The summed E-state index contributed by atoms with van der Waals surface area (Å²) in [5.74, 6) is -2.13. The molecule has 0 aliphatic heterocycles. The van der Waals surface area contributed by atoms with Gasteiger partial charge in [0.25, 0.3) is 0 Å². The van der Waals surface area contributed by atoms with Gasteiger partial charge < -0.3 is 9.15 Å². The van der Waals surface area contributed by atoms with E-state index in [1.165, 1.54) is 36.6 Å². The Morgan fingerprint density at radius 2 is 1.91 bits per heavy atom. The minimum absolute atomic E-state index is 0.000136. The zero-order valence-electron chi connectivity index (χ0n) is 17.8. The maximum absolute atomic E-state index is 13.9. The number of benzene rings is 2. The zero-order valence-corrected chi connectivity index (χ0v) is 18.6. The number of rotatable bonds is 5. The highest BCUT2D eigenvalue weighted by atomic mass is 32.1. The highest BCUT2D eigenvalue weighted by molar-refractivity contribution is 7.14. The topological polar surface area (TPSA) is 72.6 Å². The van der Waals surface area contributed by atoms with Crippen LogP contribution >= 0.6 is 11.3 Å². The summed E-state index contributed by atoms with van der Waals surface area (Å²) in [6.45, 7) is 2.51. The average molecular weight is 492 g/mol. The Bertz CT molecular complexity index is 1390. The predicted molar refractivity (Wildman–Crippen MR) is 116 cm³/mol. The molecule has 2 aromatic heterocycles. The summed E-state index contributed by atoms with van der Waals surface area (Å²) in [6, 6.07) is 8.64. The van der Waals surface area contributed by atoms with Gasteiger partial charge in [-0.25, -0.2) is 14.2 Å². The van der Waals surface area contributed by atoms with Gasteiger partial charge in [0.05, 0.1) is 16.9 Å². The molecule has 0 saturated carbocycles. The van der Waals surface area contributed by atoms with Crippen molar-refractivity contribution >= 4 is 45.0 Å². The molecule has 0 atom stereocenters. The molecule has 0 aliphatic carbocycles. The van der Waals surface area contributed by atoms with Crippen molar-refractivity contribution < 1.29 is 36.3 Å². The number of nitrogens with zero attached hydrogens (tertiary/aromatic N) is 2. The van der Waals surface area contributed by atoms with Gasteiger partial charge in [0.15, 0.2) is 16.5 Å². The number of esters is 1. The number of aromatic nitrogens is 1. The van der Waals surface area contributed by atoms with Crippen molar-refractivity contribution in [3.8, 4) is 0 Å². The molecule has 4 rings (SSSR count). The lowest BCUT2D eigenvalue weighted by molar-refractivity contribution is -0.137. The Kier molecular flexibility index (Phi) is 6.13. The van der Waals surface area contributed by atoms with Gasteiger partial charge in [-0.2, -0.15) is 13.2 Å². The quantitative estimate of drug-likeness (QED) is 0.238. The van der Waals surface area contributed by atoms with Crippen LogP contribution in [-0.4, -0.2) is 16.9 Å². The number of alkyl halides is 3. The largest absolute Gasteiger partial charge is 0.453 e. The fraction of sp³-hybridized carbons (Fsp3) is 0.174. The number of carbonyl (C=O) groups excluding carboxylic acids is 2. The van der Waals surface area contributed by atoms with E-state index in [0.29, 0.717) is 10.9 Å². The highest BCUT2D eigenvalue weighted by Gasteiger charge is 2.31. The molecule has 2 aromatic carbocycles. The van der Waals surface area contributed by atoms with Gasteiger partial charge in [-0.05, 0) is 31.2 Å². The summed E-state index contributed by atoms with van der Waals surface area (Å²) in [5, 5.41) is 2.07. The SMILES string of the molecule is CC(=O)N(c1cccc(C(F)(F)F)c1)c1nc(COC(=O)c2oc3c(F)cccc3c2C)cs1. The fourth-order valence-corrected chi connectivity index (χ4v) is 4.19. The molecule has 2 heterocycles. The number of anilines is 2. The lowest BCUT2D eigenvalue weighted by atomic mass is 10.1. The number of amides is 1. The van der Waals surface area contributed by atoms with E-state index < -0.39 is 29.4 Å². The zero-order chi connectivity index (χ0) is 24.6. The van der Waals surface area contributed by atoms with E-state index in [-0.39, 0.29) is 34.5 Å². The first-order chi connectivity index (χ1) is 16.1. The van der Waals surface area contributed by atoms with Crippen LogP contribution in [0, 0.1) is 12.7 Å². The number of ether oxygens (including phenoxy) is 1. The van der Waals surface area contributed by atoms with Crippen LogP contribution in [0.15, 0.2) is 52.3 Å². The summed E-state index contributed by atoms with van der Waals surface area (Å²) in [4.78, 5) is 29.9. The van der Waals surface area contributed by atoms with Crippen LogP contribution in [0.5, 0.6) is 0 Å². The van der Waals surface area contributed by atoms with Crippen LogP contribution < -0.4 is 4.90 Å². The summed E-state index contributed by atoms with van der Waals surface area (Å²) in [5.41, 5.74) is -0.266. The first kappa shape index (κ1) is 23.4. The van der Waals surface area contributed by atoms with Gasteiger partial charge in [-0.1, -0.05) is 18.2 Å². The van der Waals surface area contributed by atoms with Crippen LogP contribution in [0.25, 0.3) is 11.0 Å². The second-order valence-corrected chi connectivity index (χ2v) is 8.11. The van der Waals surface area contributed by atoms with E-state index in [4.69, 9.17) is 9.15 Å². The molecular formula is C23H16F4N2O4S. The maximum atomic E-state index is 13.9. The minimum atomic E-state index is -4.57. The monoisotopic (exact) mass is 492 g/mol. The molecule has 0 spiro atoms. The van der Waals surface area contributed by atoms with Crippen molar-refractivity contribution in [2.24, 2.45) is 0 Å². The number of aryl methyl sites for hydroxylation is 1. The highest BCUT2D eigenvalue weighted by Crippen LogP contribution is 2.35. The number of para-hydroxylation sites is 1. The van der Waals surface area contributed by atoms with E-state index >= 15 is 0 Å². The van der Waals surface area contributed by atoms with Crippen LogP contribution in [-0.2, 0) is 22.3 Å². The number of carbonyl (C=O) groups is 2. The van der Waals surface area contributed by atoms with Crippen molar-refractivity contribution in [1.29, 1.82) is 0 Å². The summed E-state index contributed by atoms with van der Waals surface area (Å²) >= 11 is 0.999. The Labute approximate surface area is 194 Å². The molecule has 0 radical (unpaired) electrons. The maximum Gasteiger partial charge on any atom is 0.416 e. The number of hydrogen-bond donors (Lipinski definition) is 0. The Hall–Kier alpha value is -3.73. The molecule has 11 heteroatoms. The van der Waals surface area contributed by atoms with Gasteiger partial charge in [0.1, 0.15) is 6.61 Å². The second kappa shape index (κ2) is 8.90. The van der Waals surface area contributed by atoms with E-state index in [0.717, 1.165) is 28.4 Å². The van der Waals surface area contributed by atoms with Gasteiger partial charge in [0, 0.05) is 23.3 Å². The third kappa shape index (κ3) is 4.51. The van der Waals surface area contributed by atoms with Crippen molar-refractivity contribution in [2.75, 3.05) is 4.90 Å². The van der Waals surface area contributed by atoms with Gasteiger partial charge in [0.2, 0.25) is 11.7 Å². The van der Waals surface area contributed by atoms with Crippen molar-refractivity contribution in [2.45, 2.75) is 26.6 Å². The number of fused-ring (bicyclic) bond motifs is 1. The molecule has 0 fully saturated rings. The third-order valence-corrected chi connectivity index (χ3v) is 5.80. The van der Waals surface area contributed by atoms with E-state index in [1.54, 1.807) is 13.0 Å². The predicted octanol–water partition coefficient (Wildman–Crippen LogP) is 6.40. The summed E-state index contributed by atoms with van der Waals surface area (Å²) in [6.07, 6.45) is -4.57. The normalized spacial score (nSPS) is 11.6. The smallest absolute Gasteiger partial charge is 0.416 e. The Morgan fingerprint density at radius 1 is 1.18 bits per heavy atom. The number of furan rings is 1. The number of hydrogen-bond acceptors (Lipinski definition) is 6. The Morgan fingerprint density at radius 3 is 2.59 bits per heavy atom.